The van der Waals surface area contributed by atoms with Crippen molar-refractivity contribution in [2.24, 2.45) is 0 Å². The molecule has 0 N–H and O–H groups in total. The summed E-state index contributed by atoms with van der Waals surface area (Å²) in [4.78, 5) is 15.9. The first-order valence-electron chi connectivity index (χ1n) is 19.3. The Morgan fingerprint density at radius 1 is 0.375 bits per heavy atom. The van der Waals surface area contributed by atoms with Crippen molar-refractivity contribution in [1.29, 1.82) is 0 Å². The van der Waals surface area contributed by atoms with Gasteiger partial charge in [-0.15, -0.1) is 0 Å². The minimum Gasteiger partial charge on any atom is -0.308 e. The summed E-state index contributed by atoms with van der Waals surface area (Å²) in [6, 6.07) is 61.1. The number of rotatable bonds is 4. The largest absolute Gasteiger partial charge is 0.308 e. The van der Waals surface area contributed by atoms with Crippen LogP contribution in [0.4, 0.5) is 0 Å². The van der Waals surface area contributed by atoms with Crippen LogP contribution in [0.5, 0.6) is 0 Å². The molecule has 0 saturated heterocycles. The fourth-order valence-corrected chi connectivity index (χ4v) is 9.72. The molecular formula is C52H34N4. The SMILES string of the molecule is CC1(C)c2ccccc2-c2c(-c3nc(-c4ccccc4)nc(-c4ccccc4-n4c5cccc6c5c5c7c(cccc7ccc54)-c4ccccc4-6)n3)cccc21. The third-order valence-corrected chi connectivity index (χ3v) is 12.2. The second-order valence-corrected chi connectivity index (χ2v) is 15.5. The van der Waals surface area contributed by atoms with E-state index in [2.05, 4.69) is 170 Å². The molecular weight excluding hydrogens is 681 g/mol. The van der Waals surface area contributed by atoms with Gasteiger partial charge in [0, 0.05) is 32.9 Å². The first kappa shape index (κ1) is 31.2. The topological polar surface area (TPSA) is 43.6 Å². The highest BCUT2D eigenvalue weighted by atomic mass is 15.1. The molecule has 8 aromatic carbocycles. The molecule has 0 spiro atoms. The lowest BCUT2D eigenvalue weighted by Gasteiger charge is -2.21. The Morgan fingerprint density at radius 2 is 0.929 bits per heavy atom. The quantitative estimate of drug-likeness (QED) is 0.182. The molecule has 10 aromatic rings. The van der Waals surface area contributed by atoms with E-state index in [4.69, 9.17) is 15.0 Å². The summed E-state index contributed by atoms with van der Waals surface area (Å²) in [5.41, 5.74) is 16.2. The molecule has 2 aliphatic rings. The van der Waals surface area contributed by atoms with Crippen molar-refractivity contribution in [3.05, 3.63) is 181 Å². The van der Waals surface area contributed by atoms with E-state index in [1.807, 2.05) is 18.2 Å². The molecule has 4 nitrogen and oxygen atoms in total. The number of fused-ring (bicyclic) bond motifs is 6. The van der Waals surface area contributed by atoms with Gasteiger partial charge in [-0.25, -0.2) is 15.0 Å². The van der Waals surface area contributed by atoms with Crippen LogP contribution in [0.2, 0.25) is 0 Å². The van der Waals surface area contributed by atoms with Gasteiger partial charge in [0.05, 0.1) is 16.7 Å². The van der Waals surface area contributed by atoms with Gasteiger partial charge in [-0.2, -0.15) is 0 Å². The van der Waals surface area contributed by atoms with E-state index in [0.29, 0.717) is 17.5 Å². The van der Waals surface area contributed by atoms with E-state index < -0.39 is 0 Å². The minimum absolute atomic E-state index is 0.144. The highest BCUT2D eigenvalue weighted by molar-refractivity contribution is 6.30. The molecule has 0 radical (unpaired) electrons. The van der Waals surface area contributed by atoms with Crippen molar-refractivity contribution in [1.82, 2.24) is 19.5 Å². The zero-order valence-corrected chi connectivity index (χ0v) is 31.0. The van der Waals surface area contributed by atoms with Crippen LogP contribution in [-0.4, -0.2) is 19.5 Å². The average Bonchev–Trinajstić information content (AvgIpc) is 3.67. The van der Waals surface area contributed by atoms with Gasteiger partial charge in [-0.05, 0) is 79.5 Å². The molecule has 0 unspecified atom stereocenters. The van der Waals surface area contributed by atoms with Crippen LogP contribution in [0, 0.1) is 0 Å². The number of hydrogen-bond acceptors (Lipinski definition) is 3. The average molecular weight is 715 g/mol. The van der Waals surface area contributed by atoms with Gasteiger partial charge in [-0.3, -0.25) is 0 Å². The van der Waals surface area contributed by atoms with E-state index in [0.717, 1.165) is 33.4 Å². The summed E-state index contributed by atoms with van der Waals surface area (Å²) in [7, 11) is 0. The second kappa shape index (κ2) is 11.4. The molecule has 56 heavy (non-hydrogen) atoms. The van der Waals surface area contributed by atoms with Gasteiger partial charge >= 0.3 is 0 Å². The van der Waals surface area contributed by atoms with Gasteiger partial charge in [0.15, 0.2) is 17.5 Å². The number of hydrogen-bond donors (Lipinski definition) is 0. The van der Waals surface area contributed by atoms with E-state index in [1.54, 1.807) is 0 Å². The van der Waals surface area contributed by atoms with E-state index in [-0.39, 0.29) is 5.41 Å². The minimum atomic E-state index is -0.144. The molecule has 4 heteroatoms. The van der Waals surface area contributed by atoms with E-state index in [9.17, 15) is 0 Å². The lowest BCUT2D eigenvalue weighted by Crippen LogP contribution is -2.14. The Bertz CT molecular complexity index is 3280. The van der Waals surface area contributed by atoms with Crippen LogP contribution in [0.25, 0.3) is 106 Å². The molecule has 12 rings (SSSR count). The van der Waals surface area contributed by atoms with E-state index in [1.165, 1.54) is 66.1 Å². The van der Waals surface area contributed by atoms with Gasteiger partial charge in [0.2, 0.25) is 0 Å². The van der Waals surface area contributed by atoms with Crippen LogP contribution in [0.1, 0.15) is 25.0 Å². The first-order valence-corrected chi connectivity index (χ1v) is 19.3. The molecule has 0 saturated carbocycles. The van der Waals surface area contributed by atoms with Crippen LogP contribution in [0.15, 0.2) is 170 Å². The van der Waals surface area contributed by atoms with E-state index >= 15 is 0 Å². The number of para-hydroxylation sites is 1. The van der Waals surface area contributed by atoms with Crippen LogP contribution < -0.4 is 0 Å². The van der Waals surface area contributed by atoms with Crippen LogP contribution in [0.3, 0.4) is 0 Å². The van der Waals surface area contributed by atoms with Crippen molar-refractivity contribution in [2.75, 3.05) is 0 Å². The Kier molecular flexibility index (Phi) is 6.37. The molecule has 0 aliphatic heterocycles. The summed E-state index contributed by atoms with van der Waals surface area (Å²) in [6.45, 7) is 4.62. The predicted molar refractivity (Wildman–Crippen MR) is 230 cm³/mol. The second-order valence-electron chi connectivity index (χ2n) is 15.5. The predicted octanol–water partition coefficient (Wildman–Crippen LogP) is 13.1. The molecule has 2 aromatic heterocycles. The highest BCUT2D eigenvalue weighted by Crippen LogP contribution is 2.53. The fourth-order valence-electron chi connectivity index (χ4n) is 9.72. The molecule has 262 valence electrons. The first-order chi connectivity index (χ1) is 27.6. The van der Waals surface area contributed by atoms with Crippen molar-refractivity contribution < 1.29 is 0 Å². The van der Waals surface area contributed by atoms with Gasteiger partial charge in [0.25, 0.3) is 0 Å². The Labute approximate surface area is 324 Å². The number of nitrogens with zero attached hydrogens (tertiary/aromatic N) is 4. The van der Waals surface area contributed by atoms with Crippen molar-refractivity contribution >= 4 is 32.6 Å². The molecule has 0 amide bonds. The van der Waals surface area contributed by atoms with Gasteiger partial charge < -0.3 is 4.57 Å². The van der Waals surface area contributed by atoms with Crippen LogP contribution >= 0.6 is 0 Å². The maximum absolute atomic E-state index is 5.42. The zero-order chi connectivity index (χ0) is 37.1. The summed E-state index contributed by atoms with van der Waals surface area (Å²) < 4.78 is 2.43. The zero-order valence-electron chi connectivity index (χ0n) is 31.0. The lowest BCUT2D eigenvalue weighted by atomic mass is 9.82. The Morgan fingerprint density at radius 3 is 1.73 bits per heavy atom. The summed E-state index contributed by atoms with van der Waals surface area (Å²) in [5, 5.41) is 5.07. The normalized spacial score (nSPS) is 13.3. The Hall–Kier alpha value is -7.17. The van der Waals surface area contributed by atoms with Gasteiger partial charge in [0.1, 0.15) is 0 Å². The highest BCUT2D eigenvalue weighted by Gasteiger charge is 2.37. The summed E-state index contributed by atoms with van der Waals surface area (Å²) in [6.07, 6.45) is 0. The van der Waals surface area contributed by atoms with Crippen molar-refractivity contribution in [3.63, 3.8) is 0 Å². The molecule has 0 bridgehead atoms. The van der Waals surface area contributed by atoms with Gasteiger partial charge in [-0.1, -0.05) is 159 Å². The molecule has 0 fully saturated rings. The molecule has 2 heterocycles. The fraction of sp³-hybridized carbons (Fsp3) is 0.0577. The third-order valence-electron chi connectivity index (χ3n) is 12.2. The third kappa shape index (κ3) is 4.21. The Balaban J connectivity index is 1.16. The molecule has 0 atom stereocenters. The smallest absolute Gasteiger partial charge is 0.166 e. The van der Waals surface area contributed by atoms with Crippen LogP contribution in [-0.2, 0) is 5.41 Å². The van der Waals surface area contributed by atoms with Crippen molar-refractivity contribution in [3.8, 4) is 73.2 Å². The number of aromatic nitrogens is 4. The summed E-state index contributed by atoms with van der Waals surface area (Å²) in [5.74, 6) is 1.95. The maximum Gasteiger partial charge on any atom is 0.166 e. The maximum atomic E-state index is 5.42. The monoisotopic (exact) mass is 714 g/mol. The summed E-state index contributed by atoms with van der Waals surface area (Å²) >= 11 is 0. The lowest BCUT2D eigenvalue weighted by molar-refractivity contribution is 0.660. The van der Waals surface area contributed by atoms with Crippen molar-refractivity contribution in [2.45, 2.75) is 19.3 Å². The molecule has 2 aliphatic carbocycles. The number of benzene rings is 8. The standard InChI is InChI=1S/C52H34N4/c1-52(2)40-25-10-8-20-37(40)46-39(24-13-26-41(46)52)51-54-49(32-15-4-3-5-16-32)53-50(55-51)38-21-9-11-27-42(38)56-43-28-14-23-36-34-19-7-6-18-33(34)35-22-12-17-31-29-30-44(56)48(45(31)35)47(36)43/h3-30H,1-2H3.